The number of H-pyrrole nitrogens is 1. The van der Waals surface area contributed by atoms with Gasteiger partial charge in [-0.1, -0.05) is 48.5 Å². The number of aromatic nitrogens is 4. The number of hydrogen-bond donors (Lipinski definition) is 3. The molecule has 0 unspecified atom stereocenters. The van der Waals surface area contributed by atoms with Gasteiger partial charge in [-0.3, -0.25) is 23.9 Å². The van der Waals surface area contributed by atoms with Crippen LogP contribution in [0.2, 0.25) is 0 Å². The standard InChI is InChI=1S/C43H36N8O5S2/c1-24-25(2)57-43-38(24)39(47-36(21-37(52)56-4)41-49-48-26(3)51(41)43)30-11-7-28(8-12-30)29-9-13-31(14-10-29)42(53)46-23-27-5-16-33(17-6-27)58(54,55)50-35-18-15-32(22-44)34-19-20-45-40(34)35/h5-20,36,45,50H,21,23H2,1-4H3,(H,46,53)/t36-/m0/s1. The van der Waals surface area contributed by atoms with Gasteiger partial charge in [0.15, 0.2) is 5.82 Å². The molecule has 1 atom stereocenters. The minimum atomic E-state index is -3.93. The minimum absolute atomic E-state index is 0.0251. The van der Waals surface area contributed by atoms with Crippen molar-refractivity contribution >= 4 is 55.5 Å². The molecule has 0 spiro atoms. The monoisotopic (exact) mass is 808 g/mol. The smallest absolute Gasteiger partial charge is 0.308 e. The number of carbonyl (C=O) groups excluding carboxylic acids is 2. The van der Waals surface area contributed by atoms with Crippen LogP contribution in [-0.2, 0) is 26.1 Å². The molecule has 3 N–H and O–H groups in total. The van der Waals surface area contributed by atoms with Gasteiger partial charge in [0.2, 0.25) is 0 Å². The van der Waals surface area contributed by atoms with Crippen LogP contribution >= 0.6 is 11.3 Å². The lowest BCUT2D eigenvalue weighted by Gasteiger charge is -2.12. The highest BCUT2D eigenvalue weighted by Crippen LogP contribution is 2.40. The summed E-state index contributed by atoms with van der Waals surface area (Å²) >= 11 is 1.65. The third-order valence-corrected chi connectivity index (χ3v) is 12.8. The largest absolute Gasteiger partial charge is 0.469 e. The molecular weight excluding hydrogens is 773 g/mol. The van der Waals surface area contributed by atoms with E-state index in [0.717, 1.165) is 49.0 Å². The van der Waals surface area contributed by atoms with Gasteiger partial charge in [0.25, 0.3) is 15.9 Å². The van der Waals surface area contributed by atoms with Gasteiger partial charge in [-0.2, -0.15) is 5.26 Å². The zero-order chi connectivity index (χ0) is 40.7. The fraction of sp³-hybridized carbons (Fsp3) is 0.163. The van der Waals surface area contributed by atoms with Gasteiger partial charge in [-0.15, -0.1) is 21.5 Å². The summed E-state index contributed by atoms with van der Waals surface area (Å²) in [7, 11) is -2.56. The van der Waals surface area contributed by atoms with E-state index in [2.05, 4.69) is 45.1 Å². The molecule has 0 aliphatic carbocycles. The zero-order valence-corrected chi connectivity index (χ0v) is 33.5. The molecule has 0 fully saturated rings. The number of nitrogens with zero attached hydrogens (tertiary/aromatic N) is 5. The second kappa shape index (κ2) is 15.2. The van der Waals surface area contributed by atoms with E-state index in [1.54, 1.807) is 60.0 Å². The number of aryl methyl sites for hydroxylation is 2. The van der Waals surface area contributed by atoms with Crippen molar-refractivity contribution in [2.45, 2.75) is 44.7 Å². The van der Waals surface area contributed by atoms with E-state index in [1.165, 1.54) is 19.2 Å². The summed E-state index contributed by atoms with van der Waals surface area (Å²) in [5.41, 5.74) is 8.10. The van der Waals surface area contributed by atoms with Gasteiger partial charge < -0.3 is 15.0 Å². The number of nitriles is 1. The molecule has 0 saturated heterocycles. The molecule has 58 heavy (non-hydrogen) atoms. The van der Waals surface area contributed by atoms with Crippen LogP contribution in [0.3, 0.4) is 0 Å². The van der Waals surface area contributed by atoms with Crippen molar-refractivity contribution in [3.05, 3.63) is 147 Å². The van der Waals surface area contributed by atoms with Crippen molar-refractivity contribution in [2.24, 2.45) is 4.99 Å². The Labute approximate surface area is 338 Å². The maximum atomic E-state index is 13.2. The van der Waals surface area contributed by atoms with Crippen LogP contribution in [-0.4, -0.2) is 52.9 Å². The molecule has 0 saturated carbocycles. The second-order valence-electron chi connectivity index (χ2n) is 13.8. The molecule has 8 rings (SSSR count). The van der Waals surface area contributed by atoms with Crippen LogP contribution in [0, 0.1) is 32.1 Å². The summed E-state index contributed by atoms with van der Waals surface area (Å²) in [5, 5.41) is 22.6. The lowest BCUT2D eigenvalue weighted by atomic mass is 9.96. The molecule has 7 aromatic rings. The first-order valence-corrected chi connectivity index (χ1v) is 20.5. The summed E-state index contributed by atoms with van der Waals surface area (Å²) in [4.78, 5) is 34.9. The predicted molar refractivity (Wildman–Crippen MR) is 222 cm³/mol. The highest BCUT2D eigenvalue weighted by Gasteiger charge is 2.32. The molecule has 1 amide bonds. The number of thiophene rings is 1. The number of sulfonamides is 1. The van der Waals surface area contributed by atoms with Crippen LogP contribution in [0.15, 0.2) is 107 Å². The van der Waals surface area contributed by atoms with Crippen LogP contribution in [0.5, 0.6) is 0 Å². The molecule has 15 heteroatoms. The van der Waals surface area contributed by atoms with Crippen molar-refractivity contribution in [1.29, 1.82) is 5.26 Å². The molecule has 4 aromatic carbocycles. The van der Waals surface area contributed by atoms with Crippen molar-refractivity contribution in [2.75, 3.05) is 11.8 Å². The Morgan fingerprint density at radius 2 is 1.60 bits per heavy atom. The highest BCUT2D eigenvalue weighted by atomic mass is 32.2. The average Bonchev–Trinajstić information content (AvgIpc) is 3.94. The number of carbonyl (C=O) groups is 2. The SMILES string of the molecule is COC(=O)C[C@@H]1N=C(c2ccc(-c3ccc(C(=O)NCc4ccc(S(=O)(=O)Nc5ccc(C#N)c6cc[nH]c56)cc4)cc3)cc2)c2c(sc(C)c2C)-n2c(C)nnc21. The second-order valence-corrected chi connectivity index (χ2v) is 16.7. The first kappa shape index (κ1) is 38.0. The Bertz CT molecular complexity index is 2920. The van der Waals surface area contributed by atoms with E-state index < -0.39 is 16.1 Å². The first-order valence-electron chi connectivity index (χ1n) is 18.2. The Balaban J connectivity index is 0.946. The van der Waals surface area contributed by atoms with Gasteiger partial charge in [0.05, 0.1) is 47.0 Å². The number of esters is 1. The summed E-state index contributed by atoms with van der Waals surface area (Å²) in [5.74, 6) is 0.652. The summed E-state index contributed by atoms with van der Waals surface area (Å²) < 4.78 is 36.0. The van der Waals surface area contributed by atoms with Crippen LogP contribution in [0.25, 0.3) is 27.0 Å². The van der Waals surface area contributed by atoms with Crippen LogP contribution < -0.4 is 10.0 Å². The number of hydrogen-bond acceptors (Lipinski definition) is 10. The van der Waals surface area contributed by atoms with Crippen LogP contribution in [0.4, 0.5) is 5.69 Å². The number of methoxy groups -OCH3 is 1. The van der Waals surface area contributed by atoms with E-state index in [1.807, 2.05) is 47.9 Å². The quantitative estimate of drug-likeness (QED) is 0.119. The van der Waals surface area contributed by atoms with E-state index >= 15 is 0 Å². The van der Waals surface area contributed by atoms with Crippen molar-refractivity contribution in [3.63, 3.8) is 0 Å². The Morgan fingerprint density at radius 1 is 0.914 bits per heavy atom. The number of nitrogens with one attached hydrogen (secondary N) is 3. The van der Waals surface area contributed by atoms with Crippen molar-refractivity contribution < 1.29 is 22.7 Å². The molecule has 1 aliphatic rings. The van der Waals surface area contributed by atoms with Crippen molar-refractivity contribution in [1.82, 2.24) is 25.1 Å². The maximum absolute atomic E-state index is 13.2. The molecule has 1 aliphatic heterocycles. The first-order chi connectivity index (χ1) is 27.9. The number of aromatic amines is 1. The number of aliphatic imine (C=N–C) groups is 1. The number of amides is 1. The fourth-order valence-corrected chi connectivity index (χ4v) is 9.30. The molecule has 0 radical (unpaired) electrons. The summed E-state index contributed by atoms with van der Waals surface area (Å²) in [6, 6.07) is 28.0. The Hall–Kier alpha value is -6.89. The lowest BCUT2D eigenvalue weighted by molar-refractivity contribution is -0.141. The zero-order valence-electron chi connectivity index (χ0n) is 31.8. The number of anilines is 1. The maximum Gasteiger partial charge on any atom is 0.308 e. The fourth-order valence-electron chi connectivity index (χ4n) is 7.01. The van der Waals surface area contributed by atoms with Gasteiger partial charge in [-0.05, 0) is 85.5 Å². The molecule has 3 aromatic heterocycles. The third-order valence-electron chi connectivity index (χ3n) is 10.2. The van der Waals surface area contributed by atoms with Crippen molar-refractivity contribution in [3.8, 4) is 22.2 Å². The molecule has 290 valence electrons. The normalized spacial score (nSPS) is 13.5. The van der Waals surface area contributed by atoms with E-state index in [-0.39, 0.29) is 29.7 Å². The summed E-state index contributed by atoms with van der Waals surface area (Å²) in [6.45, 7) is 6.25. The number of benzene rings is 4. The molecule has 13 nitrogen and oxygen atoms in total. The van der Waals surface area contributed by atoms with E-state index in [9.17, 15) is 23.3 Å². The topological polar surface area (TPSA) is 184 Å². The molecule has 0 bridgehead atoms. The van der Waals surface area contributed by atoms with Crippen LogP contribution in [0.1, 0.15) is 67.2 Å². The summed E-state index contributed by atoms with van der Waals surface area (Å²) in [6.07, 6.45) is 1.68. The number of ether oxygens (including phenoxy) is 1. The van der Waals surface area contributed by atoms with Gasteiger partial charge >= 0.3 is 5.97 Å². The number of fused-ring (bicyclic) bond motifs is 4. The highest BCUT2D eigenvalue weighted by molar-refractivity contribution is 7.92. The Morgan fingerprint density at radius 3 is 2.29 bits per heavy atom. The lowest BCUT2D eigenvalue weighted by Crippen LogP contribution is -2.22. The van der Waals surface area contributed by atoms with Gasteiger partial charge in [-0.25, -0.2) is 8.42 Å². The Kier molecular flexibility index (Phi) is 9.97. The van der Waals surface area contributed by atoms with E-state index in [0.29, 0.717) is 39.4 Å². The van der Waals surface area contributed by atoms with Gasteiger partial charge in [0.1, 0.15) is 16.9 Å². The minimum Gasteiger partial charge on any atom is -0.469 e. The molecular formula is C43H36N8O5S2. The third kappa shape index (κ3) is 7.04. The van der Waals surface area contributed by atoms with E-state index in [4.69, 9.17) is 9.73 Å². The molecule has 4 heterocycles. The van der Waals surface area contributed by atoms with Gasteiger partial charge in [0, 0.05) is 39.7 Å². The predicted octanol–water partition coefficient (Wildman–Crippen LogP) is 7.46. The average molecular weight is 809 g/mol. The number of rotatable bonds is 10.